The van der Waals surface area contributed by atoms with E-state index in [0.29, 0.717) is 10.8 Å². The van der Waals surface area contributed by atoms with Gasteiger partial charge in [-0.1, -0.05) is 40.2 Å². The molecule has 3 N–H and O–H groups in total. The minimum atomic E-state index is -0.553. The topological polar surface area (TPSA) is 53.2 Å². The van der Waals surface area contributed by atoms with Gasteiger partial charge in [0.1, 0.15) is 5.82 Å². The van der Waals surface area contributed by atoms with Crippen molar-refractivity contribution in [2.75, 3.05) is 10.6 Å². The van der Waals surface area contributed by atoms with Gasteiger partial charge in [-0.15, -0.1) is 0 Å². The first kappa shape index (κ1) is 21.9. The summed E-state index contributed by atoms with van der Waals surface area (Å²) in [6, 6.07) is 19.4. The van der Waals surface area contributed by atoms with Crippen molar-refractivity contribution in [3.05, 3.63) is 93.7 Å². The van der Waals surface area contributed by atoms with Gasteiger partial charge in [0.25, 0.3) is 5.91 Å². The number of carbonyl (C=O) groups excluding carboxylic acids is 1. The van der Waals surface area contributed by atoms with Crippen LogP contribution in [0.25, 0.3) is 0 Å². The molecule has 1 unspecified atom stereocenters. The molecule has 3 rings (SSSR count). The second-order valence-corrected chi connectivity index (χ2v) is 8.16. The number of thiocarbonyl (C=S) groups is 1. The van der Waals surface area contributed by atoms with Crippen molar-refractivity contribution in [2.45, 2.75) is 19.9 Å². The number of rotatable bonds is 5. The smallest absolute Gasteiger partial charge is 0.258 e. The highest BCUT2D eigenvalue weighted by Gasteiger charge is 2.13. The molecule has 0 spiro atoms. The first-order valence-electron chi connectivity index (χ1n) is 9.33. The molecule has 0 heterocycles. The molecule has 0 bridgehead atoms. The molecular weight excluding hydrogens is 465 g/mol. The molecule has 0 aliphatic heterocycles. The highest BCUT2D eigenvalue weighted by molar-refractivity contribution is 9.10. The molecular formula is C23H21BrFN3OS. The first-order valence-corrected chi connectivity index (χ1v) is 10.5. The maximum absolute atomic E-state index is 13.8. The van der Waals surface area contributed by atoms with Gasteiger partial charge in [0, 0.05) is 15.8 Å². The van der Waals surface area contributed by atoms with E-state index in [1.54, 1.807) is 18.2 Å². The van der Waals surface area contributed by atoms with Crippen molar-refractivity contribution in [3.63, 3.8) is 0 Å². The Hall–Kier alpha value is -2.77. The monoisotopic (exact) mass is 485 g/mol. The van der Waals surface area contributed by atoms with Crippen LogP contribution in [0.3, 0.4) is 0 Å². The molecule has 154 valence electrons. The average Bonchev–Trinajstić information content (AvgIpc) is 2.70. The second kappa shape index (κ2) is 9.82. The summed E-state index contributed by atoms with van der Waals surface area (Å²) in [5.41, 5.74) is 3.34. The van der Waals surface area contributed by atoms with Gasteiger partial charge < -0.3 is 16.0 Å². The predicted molar refractivity (Wildman–Crippen MR) is 127 cm³/mol. The van der Waals surface area contributed by atoms with E-state index in [-0.39, 0.29) is 11.6 Å². The van der Waals surface area contributed by atoms with Crippen molar-refractivity contribution >= 4 is 50.5 Å². The Morgan fingerprint density at radius 2 is 1.73 bits per heavy atom. The summed E-state index contributed by atoms with van der Waals surface area (Å²) in [5.74, 6) is -1.04. The van der Waals surface area contributed by atoms with Crippen LogP contribution < -0.4 is 16.0 Å². The van der Waals surface area contributed by atoms with Crippen LogP contribution in [-0.4, -0.2) is 11.0 Å². The Bertz CT molecular complexity index is 1070. The summed E-state index contributed by atoms with van der Waals surface area (Å²) in [7, 11) is 0. The van der Waals surface area contributed by atoms with E-state index in [2.05, 4.69) is 31.9 Å². The van der Waals surface area contributed by atoms with Gasteiger partial charge in [0.05, 0.1) is 11.6 Å². The molecule has 0 saturated carbocycles. The second-order valence-electron chi connectivity index (χ2n) is 6.84. The fourth-order valence-corrected chi connectivity index (χ4v) is 3.47. The van der Waals surface area contributed by atoms with Crippen LogP contribution in [0.15, 0.2) is 71.2 Å². The Kier molecular flexibility index (Phi) is 7.18. The number of nitrogens with one attached hydrogen (secondary N) is 3. The van der Waals surface area contributed by atoms with Crippen LogP contribution in [0.1, 0.15) is 34.5 Å². The number of halogens is 2. The van der Waals surface area contributed by atoms with Crippen molar-refractivity contribution in [3.8, 4) is 0 Å². The van der Waals surface area contributed by atoms with Gasteiger partial charge in [0.15, 0.2) is 5.11 Å². The summed E-state index contributed by atoms with van der Waals surface area (Å²) in [6.07, 6.45) is 0. The molecule has 0 aliphatic rings. The fourth-order valence-electron chi connectivity index (χ4n) is 2.92. The lowest BCUT2D eigenvalue weighted by Gasteiger charge is -2.18. The molecule has 1 atom stereocenters. The molecule has 0 aromatic heterocycles. The molecule has 3 aromatic rings. The lowest BCUT2D eigenvalue weighted by atomic mass is 10.1. The van der Waals surface area contributed by atoms with E-state index in [9.17, 15) is 9.18 Å². The molecule has 4 nitrogen and oxygen atoms in total. The largest absolute Gasteiger partial charge is 0.356 e. The minimum Gasteiger partial charge on any atom is -0.356 e. The molecule has 0 aliphatic carbocycles. The number of anilines is 2. The standard InChI is InChI=1S/C23H21BrFN3OS/c1-14-13-18(27-23(30)26-15(2)16-7-9-17(24)10-8-16)11-12-21(14)28-22(29)19-5-3-4-6-20(19)25/h3-13,15H,1-2H3,(H,28,29)(H2,26,27,30). The third-order valence-corrected chi connectivity index (χ3v) is 5.32. The zero-order chi connectivity index (χ0) is 21.7. The maximum atomic E-state index is 13.8. The van der Waals surface area contributed by atoms with E-state index >= 15 is 0 Å². The van der Waals surface area contributed by atoms with Gasteiger partial charge in [-0.2, -0.15) is 0 Å². The average molecular weight is 486 g/mol. The molecule has 0 saturated heterocycles. The normalized spacial score (nSPS) is 11.5. The maximum Gasteiger partial charge on any atom is 0.258 e. The number of carbonyl (C=O) groups is 1. The lowest BCUT2D eigenvalue weighted by Crippen LogP contribution is -2.30. The van der Waals surface area contributed by atoms with Gasteiger partial charge in [0.2, 0.25) is 0 Å². The van der Waals surface area contributed by atoms with E-state index in [4.69, 9.17) is 12.2 Å². The van der Waals surface area contributed by atoms with Crippen LogP contribution in [0.2, 0.25) is 0 Å². The van der Waals surface area contributed by atoms with Crippen molar-refractivity contribution in [2.24, 2.45) is 0 Å². The molecule has 0 radical (unpaired) electrons. The van der Waals surface area contributed by atoms with Crippen LogP contribution in [-0.2, 0) is 0 Å². The first-order chi connectivity index (χ1) is 14.3. The van der Waals surface area contributed by atoms with Crippen LogP contribution in [0, 0.1) is 12.7 Å². The SMILES string of the molecule is Cc1cc(NC(=S)NC(C)c2ccc(Br)cc2)ccc1NC(=O)c1ccccc1F. The highest BCUT2D eigenvalue weighted by atomic mass is 79.9. The third kappa shape index (κ3) is 5.64. The van der Waals surface area contributed by atoms with E-state index < -0.39 is 11.7 Å². The van der Waals surface area contributed by atoms with E-state index in [1.807, 2.05) is 50.2 Å². The third-order valence-electron chi connectivity index (χ3n) is 4.57. The van der Waals surface area contributed by atoms with E-state index in [1.165, 1.54) is 12.1 Å². The Labute approximate surface area is 189 Å². The number of aryl methyl sites for hydroxylation is 1. The summed E-state index contributed by atoms with van der Waals surface area (Å²) in [5, 5.41) is 9.65. The van der Waals surface area contributed by atoms with Crippen LogP contribution >= 0.6 is 28.1 Å². The van der Waals surface area contributed by atoms with Crippen molar-refractivity contribution in [1.82, 2.24) is 5.32 Å². The summed E-state index contributed by atoms with van der Waals surface area (Å²) < 4.78 is 14.8. The number of hydrogen-bond donors (Lipinski definition) is 3. The zero-order valence-corrected chi connectivity index (χ0v) is 18.9. The summed E-state index contributed by atoms with van der Waals surface area (Å²) in [6.45, 7) is 3.90. The van der Waals surface area contributed by atoms with Crippen LogP contribution in [0.5, 0.6) is 0 Å². The predicted octanol–water partition coefficient (Wildman–Crippen LogP) is 6.20. The number of benzene rings is 3. The number of hydrogen-bond acceptors (Lipinski definition) is 2. The summed E-state index contributed by atoms with van der Waals surface area (Å²) in [4.78, 5) is 12.3. The lowest BCUT2D eigenvalue weighted by molar-refractivity contribution is 0.102. The zero-order valence-electron chi connectivity index (χ0n) is 16.5. The Morgan fingerprint density at radius 3 is 2.40 bits per heavy atom. The van der Waals surface area contributed by atoms with Crippen LogP contribution in [0.4, 0.5) is 15.8 Å². The van der Waals surface area contributed by atoms with Gasteiger partial charge >= 0.3 is 0 Å². The quantitative estimate of drug-likeness (QED) is 0.376. The summed E-state index contributed by atoms with van der Waals surface area (Å²) >= 11 is 8.85. The van der Waals surface area contributed by atoms with Crippen molar-refractivity contribution < 1.29 is 9.18 Å². The van der Waals surface area contributed by atoms with Gasteiger partial charge in [-0.25, -0.2) is 4.39 Å². The van der Waals surface area contributed by atoms with Gasteiger partial charge in [-0.3, -0.25) is 4.79 Å². The Balaban J connectivity index is 1.62. The fraction of sp³-hybridized carbons (Fsp3) is 0.130. The molecule has 1 amide bonds. The molecule has 7 heteroatoms. The van der Waals surface area contributed by atoms with Crippen molar-refractivity contribution in [1.29, 1.82) is 0 Å². The molecule has 0 fully saturated rings. The molecule has 3 aromatic carbocycles. The van der Waals surface area contributed by atoms with Gasteiger partial charge in [-0.05, 0) is 79.7 Å². The highest BCUT2D eigenvalue weighted by Crippen LogP contribution is 2.22. The Morgan fingerprint density at radius 1 is 1.03 bits per heavy atom. The molecule has 30 heavy (non-hydrogen) atoms. The number of amides is 1. The van der Waals surface area contributed by atoms with E-state index in [0.717, 1.165) is 21.3 Å². The minimum absolute atomic E-state index is 0.00593.